The van der Waals surface area contributed by atoms with Crippen molar-refractivity contribution in [2.24, 2.45) is 0 Å². The summed E-state index contributed by atoms with van der Waals surface area (Å²) >= 11 is 0. The molecule has 1 aliphatic carbocycles. The number of halogens is 2. The molecule has 1 saturated heterocycles. The average Bonchev–Trinajstić information content (AvgIpc) is 2.21. The zero-order valence-corrected chi connectivity index (χ0v) is 5.59. The molecule has 0 radical (unpaired) electrons. The van der Waals surface area contributed by atoms with Gasteiger partial charge in [0, 0.05) is 0 Å². The first-order valence-electron chi connectivity index (χ1n) is 3.29. The Hall–Kier alpha value is -0.900. The lowest BCUT2D eigenvalue weighted by Crippen LogP contribution is -2.17. The monoisotopic (exact) mass is 160 g/mol. The van der Waals surface area contributed by atoms with E-state index < -0.39 is 12.4 Å². The lowest BCUT2D eigenvalue weighted by Gasteiger charge is -2.06. The second-order valence-corrected chi connectivity index (χ2v) is 2.40. The highest BCUT2D eigenvalue weighted by molar-refractivity contribution is 5.19. The Morgan fingerprint density at radius 3 is 3.09 bits per heavy atom. The summed E-state index contributed by atoms with van der Waals surface area (Å²) < 4.78 is 33.2. The summed E-state index contributed by atoms with van der Waals surface area (Å²) in [5.41, 5.74) is 0. The molecule has 0 aromatic heterocycles. The molecule has 1 heterocycles. The SMILES string of the molecule is FC1(F)OC2=CC=CCC2O1. The number of fused-ring (bicyclic) bond motifs is 1. The predicted octanol–water partition coefficient (Wildman–Crippen LogP) is 1.80. The quantitative estimate of drug-likeness (QED) is 0.537. The summed E-state index contributed by atoms with van der Waals surface area (Å²) in [5, 5.41) is 0. The van der Waals surface area contributed by atoms with Gasteiger partial charge in [-0.25, -0.2) is 0 Å². The zero-order chi connectivity index (χ0) is 7.90. The van der Waals surface area contributed by atoms with Gasteiger partial charge in [-0.3, -0.25) is 4.74 Å². The maximum absolute atomic E-state index is 12.3. The molecule has 2 rings (SSSR count). The molecule has 1 atom stereocenters. The van der Waals surface area contributed by atoms with Crippen LogP contribution in [-0.2, 0) is 9.47 Å². The van der Waals surface area contributed by atoms with Crippen molar-refractivity contribution in [2.45, 2.75) is 18.8 Å². The standard InChI is InChI=1S/C7H6F2O2/c8-7(9)10-5-3-1-2-4-6(5)11-7/h1-3,6H,4H2. The predicted molar refractivity (Wildman–Crippen MR) is 32.7 cm³/mol. The van der Waals surface area contributed by atoms with Gasteiger partial charge in [-0.1, -0.05) is 12.2 Å². The van der Waals surface area contributed by atoms with E-state index in [9.17, 15) is 8.78 Å². The van der Waals surface area contributed by atoms with Crippen molar-refractivity contribution < 1.29 is 18.3 Å². The third-order valence-electron chi connectivity index (χ3n) is 1.58. The van der Waals surface area contributed by atoms with Crippen LogP contribution >= 0.6 is 0 Å². The molecule has 2 aliphatic rings. The molecular weight excluding hydrogens is 154 g/mol. The highest BCUT2D eigenvalue weighted by atomic mass is 19.3. The molecule has 1 fully saturated rings. The van der Waals surface area contributed by atoms with E-state index >= 15 is 0 Å². The van der Waals surface area contributed by atoms with Crippen LogP contribution in [0.15, 0.2) is 24.0 Å². The van der Waals surface area contributed by atoms with Crippen LogP contribution in [0, 0.1) is 0 Å². The molecule has 0 saturated carbocycles. The number of allylic oxidation sites excluding steroid dienone is 2. The molecule has 11 heavy (non-hydrogen) atoms. The topological polar surface area (TPSA) is 18.5 Å². The van der Waals surface area contributed by atoms with Gasteiger partial charge >= 0.3 is 6.29 Å². The molecule has 1 aliphatic heterocycles. The van der Waals surface area contributed by atoms with Crippen LogP contribution in [0.3, 0.4) is 0 Å². The van der Waals surface area contributed by atoms with Crippen molar-refractivity contribution in [2.75, 3.05) is 0 Å². The number of hydrogen-bond donors (Lipinski definition) is 0. The van der Waals surface area contributed by atoms with Gasteiger partial charge in [-0.15, -0.1) is 8.78 Å². The molecule has 0 aromatic rings. The van der Waals surface area contributed by atoms with E-state index in [4.69, 9.17) is 0 Å². The molecule has 0 aromatic carbocycles. The van der Waals surface area contributed by atoms with Crippen molar-refractivity contribution in [3.05, 3.63) is 24.0 Å². The van der Waals surface area contributed by atoms with Gasteiger partial charge in [0.15, 0.2) is 0 Å². The summed E-state index contributed by atoms with van der Waals surface area (Å²) in [7, 11) is 0. The van der Waals surface area contributed by atoms with Crippen LogP contribution < -0.4 is 0 Å². The Morgan fingerprint density at radius 2 is 2.36 bits per heavy atom. The van der Waals surface area contributed by atoms with Gasteiger partial charge in [0.25, 0.3) is 0 Å². The van der Waals surface area contributed by atoms with Gasteiger partial charge in [-0.05, 0) is 12.5 Å². The molecule has 0 bridgehead atoms. The van der Waals surface area contributed by atoms with E-state index in [1.807, 2.05) is 0 Å². The number of rotatable bonds is 0. The van der Waals surface area contributed by atoms with Crippen LogP contribution in [0.4, 0.5) is 8.78 Å². The van der Waals surface area contributed by atoms with Crippen LogP contribution in [-0.4, -0.2) is 12.4 Å². The summed E-state index contributed by atoms with van der Waals surface area (Å²) in [6.07, 6.45) is 1.38. The van der Waals surface area contributed by atoms with Crippen LogP contribution in [0.1, 0.15) is 6.42 Å². The lowest BCUT2D eigenvalue weighted by molar-refractivity contribution is -0.341. The summed E-state index contributed by atoms with van der Waals surface area (Å²) in [6, 6.07) is 0. The minimum absolute atomic E-state index is 0.220. The fourth-order valence-corrected chi connectivity index (χ4v) is 1.12. The second-order valence-electron chi connectivity index (χ2n) is 2.40. The lowest BCUT2D eigenvalue weighted by atomic mass is 10.1. The minimum atomic E-state index is -3.43. The van der Waals surface area contributed by atoms with E-state index in [0.717, 1.165) is 0 Å². The molecular formula is C7H6F2O2. The fraction of sp³-hybridized carbons (Fsp3) is 0.429. The van der Waals surface area contributed by atoms with Crippen molar-refractivity contribution in [3.8, 4) is 0 Å². The molecule has 2 nitrogen and oxygen atoms in total. The summed E-state index contributed by atoms with van der Waals surface area (Å²) in [6.45, 7) is 0. The van der Waals surface area contributed by atoms with Gasteiger partial charge in [0.05, 0.1) is 0 Å². The van der Waals surface area contributed by atoms with E-state index in [0.29, 0.717) is 6.42 Å². The first-order valence-corrected chi connectivity index (χ1v) is 3.29. The highest BCUT2D eigenvalue weighted by Crippen LogP contribution is 2.36. The third-order valence-corrected chi connectivity index (χ3v) is 1.58. The Morgan fingerprint density at radius 1 is 1.55 bits per heavy atom. The first-order chi connectivity index (χ1) is 5.17. The van der Waals surface area contributed by atoms with Crippen molar-refractivity contribution in [1.82, 2.24) is 0 Å². The average molecular weight is 160 g/mol. The van der Waals surface area contributed by atoms with Gasteiger partial charge in [0.2, 0.25) is 0 Å². The van der Waals surface area contributed by atoms with Crippen molar-refractivity contribution in [3.63, 3.8) is 0 Å². The van der Waals surface area contributed by atoms with Gasteiger partial charge in [-0.2, -0.15) is 0 Å². The molecule has 1 unspecified atom stereocenters. The Labute approximate surface area is 62.1 Å². The maximum Gasteiger partial charge on any atom is 0.535 e. The third kappa shape index (κ3) is 1.14. The zero-order valence-electron chi connectivity index (χ0n) is 5.59. The Balaban J connectivity index is 2.21. The number of alkyl halides is 2. The number of hydrogen-bond acceptors (Lipinski definition) is 2. The van der Waals surface area contributed by atoms with Crippen LogP contribution in [0.25, 0.3) is 0 Å². The van der Waals surface area contributed by atoms with E-state index in [-0.39, 0.29) is 5.76 Å². The van der Waals surface area contributed by atoms with Crippen LogP contribution in [0.2, 0.25) is 0 Å². The Bertz CT molecular complexity index is 233. The van der Waals surface area contributed by atoms with E-state index in [1.165, 1.54) is 6.08 Å². The molecule has 0 spiro atoms. The van der Waals surface area contributed by atoms with Crippen LogP contribution in [0.5, 0.6) is 0 Å². The van der Waals surface area contributed by atoms with Crippen molar-refractivity contribution in [1.29, 1.82) is 0 Å². The fourth-order valence-electron chi connectivity index (χ4n) is 1.12. The maximum atomic E-state index is 12.3. The summed E-state index contributed by atoms with van der Waals surface area (Å²) in [5.74, 6) is 0.220. The normalized spacial score (nSPS) is 32.5. The second kappa shape index (κ2) is 2.04. The highest BCUT2D eigenvalue weighted by Gasteiger charge is 2.47. The van der Waals surface area contributed by atoms with E-state index in [2.05, 4.69) is 9.47 Å². The van der Waals surface area contributed by atoms with Gasteiger partial charge in [0.1, 0.15) is 11.9 Å². The molecule has 0 amide bonds. The largest absolute Gasteiger partial charge is 0.535 e. The smallest absolute Gasteiger partial charge is 0.411 e. The molecule has 4 heteroatoms. The summed E-state index contributed by atoms with van der Waals surface area (Å²) in [4.78, 5) is 0. The number of ether oxygens (including phenoxy) is 2. The molecule has 0 N–H and O–H groups in total. The first kappa shape index (κ1) is 6.79. The molecule has 60 valence electrons. The minimum Gasteiger partial charge on any atom is -0.411 e. The van der Waals surface area contributed by atoms with E-state index in [1.54, 1.807) is 12.2 Å². The van der Waals surface area contributed by atoms with Crippen molar-refractivity contribution >= 4 is 0 Å². The Kier molecular flexibility index (Phi) is 1.26. The van der Waals surface area contributed by atoms with Gasteiger partial charge < -0.3 is 4.74 Å².